The molecule has 0 spiro atoms. The van der Waals surface area contributed by atoms with Crippen molar-refractivity contribution in [1.82, 2.24) is 9.38 Å². The molecular weight excluding hydrogens is 310 g/mol. The molecule has 6 heteroatoms. The summed E-state index contributed by atoms with van der Waals surface area (Å²) in [6, 6.07) is 13.5. The Morgan fingerprint density at radius 2 is 2.00 bits per heavy atom. The number of hydrogen-bond acceptors (Lipinski definition) is 5. The quantitative estimate of drug-likeness (QED) is 0.420. The van der Waals surface area contributed by atoms with Gasteiger partial charge in [-0.05, 0) is 31.2 Å². The number of benzene rings is 1. The van der Waals surface area contributed by atoms with Crippen LogP contribution in [0.25, 0.3) is 5.65 Å². The SMILES string of the molecule is CO/N=C/c1c(Sc2ccc(C)cc2)nc2ccccn2c1=O. The average molecular weight is 325 g/mol. The first kappa shape index (κ1) is 15.3. The van der Waals surface area contributed by atoms with Crippen LogP contribution in [0.2, 0.25) is 0 Å². The van der Waals surface area contributed by atoms with Gasteiger partial charge < -0.3 is 4.84 Å². The zero-order valence-corrected chi connectivity index (χ0v) is 13.6. The van der Waals surface area contributed by atoms with E-state index in [2.05, 4.69) is 10.1 Å². The van der Waals surface area contributed by atoms with Gasteiger partial charge in [-0.3, -0.25) is 9.20 Å². The van der Waals surface area contributed by atoms with E-state index in [1.165, 1.54) is 35.1 Å². The minimum atomic E-state index is -0.175. The topological polar surface area (TPSA) is 56.0 Å². The van der Waals surface area contributed by atoms with Crippen LogP contribution in [-0.4, -0.2) is 22.7 Å². The van der Waals surface area contributed by atoms with Crippen molar-refractivity contribution in [3.8, 4) is 0 Å². The van der Waals surface area contributed by atoms with Crippen LogP contribution < -0.4 is 5.56 Å². The van der Waals surface area contributed by atoms with Gasteiger partial charge in [0.25, 0.3) is 5.56 Å². The molecule has 0 radical (unpaired) electrons. The number of oxime groups is 1. The average Bonchev–Trinajstić information content (AvgIpc) is 2.57. The van der Waals surface area contributed by atoms with Crippen molar-refractivity contribution in [3.05, 3.63) is 70.1 Å². The molecule has 0 N–H and O–H groups in total. The van der Waals surface area contributed by atoms with Crippen LogP contribution in [0.4, 0.5) is 0 Å². The molecule has 1 aromatic carbocycles. The van der Waals surface area contributed by atoms with Gasteiger partial charge in [-0.2, -0.15) is 0 Å². The van der Waals surface area contributed by atoms with E-state index in [1.54, 1.807) is 18.3 Å². The number of fused-ring (bicyclic) bond motifs is 1. The van der Waals surface area contributed by atoms with Crippen molar-refractivity contribution >= 4 is 23.6 Å². The molecule has 0 fully saturated rings. The molecule has 0 bridgehead atoms. The van der Waals surface area contributed by atoms with E-state index in [1.807, 2.05) is 37.3 Å². The molecule has 3 aromatic rings. The molecular formula is C17H15N3O2S. The van der Waals surface area contributed by atoms with Gasteiger partial charge in [-0.25, -0.2) is 4.98 Å². The van der Waals surface area contributed by atoms with Gasteiger partial charge in [0, 0.05) is 11.1 Å². The molecule has 0 aliphatic rings. The molecule has 0 atom stereocenters. The third-order valence-corrected chi connectivity index (χ3v) is 4.27. The smallest absolute Gasteiger partial charge is 0.267 e. The van der Waals surface area contributed by atoms with Gasteiger partial charge in [0.15, 0.2) is 0 Å². The highest BCUT2D eigenvalue weighted by atomic mass is 32.2. The molecule has 0 saturated heterocycles. The van der Waals surface area contributed by atoms with E-state index in [-0.39, 0.29) is 5.56 Å². The Hall–Kier alpha value is -2.60. The lowest BCUT2D eigenvalue weighted by Crippen LogP contribution is -2.20. The Bertz CT molecular complexity index is 917. The van der Waals surface area contributed by atoms with Crippen LogP contribution >= 0.6 is 11.8 Å². The Labute approximate surface area is 137 Å². The van der Waals surface area contributed by atoms with Gasteiger partial charge in [-0.1, -0.05) is 40.7 Å². The van der Waals surface area contributed by atoms with Crippen LogP contribution in [0.1, 0.15) is 11.1 Å². The number of nitrogens with zero attached hydrogens (tertiary/aromatic N) is 3. The van der Waals surface area contributed by atoms with Crippen molar-refractivity contribution in [1.29, 1.82) is 0 Å². The van der Waals surface area contributed by atoms with Crippen LogP contribution in [-0.2, 0) is 4.84 Å². The molecule has 2 heterocycles. The lowest BCUT2D eigenvalue weighted by molar-refractivity contribution is 0.215. The molecule has 0 unspecified atom stereocenters. The second-order valence-electron chi connectivity index (χ2n) is 4.90. The van der Waals surface area contributed by atoms with E-state index in [0.29, 0.717) is 16.2 Å². The molecule has 116 valence electrons. The molecule has 3 rings (SSSR count). The zero-order valence-electron chi connectivity index (χ0n) is 12.8. The summed E-state index contributed by atoms with van der Waals surface area (Å²) in [7, 11) is 1.44. The third-order valence-electron chi connectivity index (χ3n) is 3.26. The number of rotatable bonds is 4. The van der Waals surface area contributed by atoms with Crippen LogP contribution in [0.15, 0.2) is 68.5 Å². The van der Waals surface area contributed by atoms with E-state index >= 15 is 0 Å². The van der Waals surface area contributed by atoms with E-state index in [9.17, 15) is 4.79 Å². The largest absolute Gasteiger partial charge is 0.399 e. The minimum absolute atomic E-state index is 0.175. The Morgan fingerprint density at radius 1 is 1.22 bits per heavy atom. The van der Waals surface area contributed by atoms with Crippen molar-refractivity contribution in [2.75, 3.05) is 7.11 Å². The highest BCUT2D eigenvalue weighted by Gasteiger charge is 2.12. The fraction of sp³-hybridized carbons (Fsp3) is 0.118. The van der Waals surface area contributed by atoms with Gasteiger partial charge in [-0.15, -0.1) is 0 Å². The van der Waals surface area contributed by atoms with Crippen molar-refractivity contribution in [2.45, 2.75) is 16.8 Å². The standard InChI is InChI=1S/C17H15N3O2S/c1-12-6-8-13(9-7-12)23-16-14(11-18-22-2)17(21)20-10-4-3-5-15(20)19-16/h3-11H,1-2H3/b18-11+. The lowest BCUT2D eigenvalue weighted by atomic mass is 10.2. The normalized spacial score (nSPS) is 11.2. The van der Waals surface area contributed by atoms with E-state index in [0.717, 1.165) is 4.90 Å². The third kappa shape index (κ3) is 3.27. The zero-order chi connectivity index (χ0) is 16.2. The summed E-state index contributed by atoms with van der Waals surface area (Å²) in [5.74, 6) is 0. The van der Waals surface area contributed by atoms with Gasteiger partial charge >= 0.3 is 0 Å². The molecule has 5 nitrogen and oxygen atoms in total. The van der Waals surface area contributed by atoms with Crippen molar-refractivity contribution in [3.63, 3.8) is 0 Å². The maximum Gasteiger partial charge on any atom is 0.267 e. The maximum atomic E-state index is 12.7. The number of aryl methyl sites for hydroxylation is 1. The predicted octanol–water partition coefficient (Wildman–Crippen LogP) is 3.13. The van der Waals surface area contributed by atoms with Crippen LogP contribution in [0.3, 0.4) is 0 Å². The summed E-state index contributed by atoms with van der Waals surface area (Å²) in [6.07, 6.45) is 3.10. The van der Waals surface area contributed by atoms with Gasteiger partial charge in [0.1, 0.15) is 17.8 Å². The Morgan fingerprint density at radius 3 is 2.74 bits per heavy atom. The summed E-state index contributed by atoms with van der Waals surface area (Å²) < 4.78 is 1.50. The first-order chi connectivity index (χ1) is 11.2. The molecule has 2 aromatic heterocycles. The summed E-state index contributed by atoms with van der Waals surface area (Å²) in [5.41, 5.74) is 2.01. The second kappa shape index (κ2) is 6.66. The second-order valence-corrected chi connectivity index (χ2v) is 5.96. The highest BCUT2D eigenvalue weighted by Crippen LogP contribution is 2.27. The Kier molecular flexibility index (Phi) is 4.43. The van der Waals surface area contributed by atoms with Crippen LogP contribution in [0.5, 0.6) is 0 Å². The number of aromatic nitrogens is 2. The summed E-state index contributed by atoms with van der Waals surface area (Å²) in [4.78, 5) is 23.0. The van der Waals surface area contributed by atoms with Crippen molar-refractivity contribution in [2.24, 2.45) is 5.16 Å². The van der Waals surface area contributed by atoms with Gasteiger partial charge in [0.2, 0.25) is 0 Å². The molecule has 0 aliphatic heterocycles. The fourth-order valence-electron chi connectivity index (χ4n) is 2.09. The minimum Gasteiger partial charge on any atom is -0.399 e. The van der Waals surface area contributed by atoms with E-state index < -0.39 is 0 Å². The van der Waals surface area contributed by atoms with E-state index in [4.69, 9.17) is 4.84 Å². The lowest BCUT2D eigenvalue weighted by Gasteiger charge is -2.07. The van der Waals surface area contributed by atoms with Crippen LogP contribution in [0, 0.1) is 6.92 Å². The molecule has 0 aliphatic carbocycles. The number of hydrogen-bond donors (Lipinski definition) is 0. The molecule has 0 saturated carbocycles. The summed E-state index contributed by atoms with van der Waals surface area (Å²) >= 11 is 1.43. The highest BCUT2D eigenvalue weighted by molar-refractivity contribution is 7.99. The monoisotopic (exact) mass is 325 g/mol. The first-order valence-corrected chi connectivity index (χ1v) is 7.83. The summed E-state index contributed by atoms with van der Waals surface area (Å²) in [6.45, 7) is 2.03. The summed E-state index contributed by atoms with van der Waals surface area (Å²) in [5, 5.41) is 4.34. The van der Waals surface area contributed by atoms with Crippen molar-refractivity contribution < 1.29 is 4.84 Å². The molecule has 0 amide bonds. The maximum absolute atomic E-state index is 12.7. The fourth-order valence-corrected chi connectivity index (χ4v) is 2.98. The van der Waals surface area contributed by atoms with Gasteiger partial charge in [0.05, 0.1) is 11.8 Å². The Balaban J connectivity index is 2.15. The predicted molar refractivity (Wildman–Crippen MR) is 91.4 cm³/mol. The number of pyridine rings is 1. The first-order valence-electron chi connectivity index (χ1n) is 7.01. The molecule has 23 heavy (non-hydrogen) atoms.